The van der Waals surface area contributed by atoms with Crippen LogP contribution in [0.2, 0.25) is 0 Å². The number of pyridine rings is 1. The van der Waals surface area contributed by atoms with Crippen LogP contribution in [0.4, 0.5) is 0 Å². The molecule has 0 unspecified atom stereocenters. The summed E-state index contributed by atoms with van der Waals surface area (Å²) < 4.78 is 10.9. The molecule has 1 aliphatic heterocycles. The van der Waals surface area contributed by atoms with Crippen molar-refractivity contribution in [2.75, 3.05) is 19.8 Å². The van der Waals surface area contributed by atoms with E-state index in [-0.39, 0.29) is 5.97 Å². The second-order valence-corrected chi connectivity index (χ2v) is 6.83. The zero-order chi connectivity index (χ0) is 16.4. The maximum absolute atomic E-state index is 12.6. The lowest BCUT2D eigenvalue weighted by molar-refractivity contribution is 0.0430. The molecule has 3 heterocycles. The molecule has 0 aliphatic carbocycles. The molecule has 1 fully saturated rings. The van der Waals surface area contributed by atoms with E-state index in [0.29, 0.717) is 24.7 Å². The average molecular weight is 339 g/mol. The largest absolute Gasteiger partial charge is 0.462 e. The number of aromatic nitrogens is 1. The Morgan fingerprint density at radius 3 is 3.00 bits per heavy atom. The van der Waals surface area contributed by atoms with E-state index in [4.69, 9.17) is 9.47 Å². The van der Waals surface area contributed by atoms with Crippen molar-refractivity contribution in [2.24, 2.45) is 5.92 Å². The fraction of sp³-hybridized carbons (Fsp3) is 0.263. The summed E-state index contributed by atoms with van der Waals surface area (Å²) in [7, 11) is 0. The molecule has 0 N–H and O–H groups in total. The van der Waals surface area contributed by atoms with Gasteiger partial charge in [-0.05, 0) is 30.0 Å². The smallest absolute Gasteiger partial charge is 0.338 e. The SMILES string of the molecule is O=C(OC[C@H]1CCOC1)c1cc(-c2cccs2)nc2ccccc12. The minimum atomic E-state index is -0.293. The van der Waals surface area contributed by atoms with Crippen LogP contribution in [0.25, 0.3) is 21.5 Å². The topological polar surface area (TPSA) is 48.4 Å². The highest BCUT2D eigenvalue weighted by atomic mass is 32.1. The third kappa shape index (κ3) is 3.05. The van der Waals surface area contributed by atoms with E-state index in [2.05, 4.69) is 4.98 Å². The van der Waals surface area contributed by atoms with Gasteiger partial charge in [0.1, 0.15) is 0 Å². The monoisotopic (exact) mass is 339 g/mol. The molecule has 0 amide bonds. The molecule has 3 aromatic rings. The van der Waals surface area contributed by atoms with Gasteiger partial charge in [-0.3, -0.25) is 0 Å². The van der Waals surface area contributed by atoms with Crippen LogP contribution < -0.4 is 0 Å². The zero-order valence-electron chi connectivity index (χ0n) is 13.1. The number of ether oxygens (including phenoxy) is 2. The molecule has 4 nitrogen and oxygen atoms in total. The van der Waals surface area contributed by atoms with Crippen molar-refractivity contribution in [2.45, 2.75) is 6.42 Å². The number of carbonyl (C=O) groups excluding carboxylic acids is 1. The van der Waals surface area contributed by atoms with Crippen LogP contribution in [0.15, 0.2) is 47.8 Å². The van der Waals surface area contributed by atoms with Crippen LogP contribution in [-0.4, -0.2) is 30.8 Å². The number of carbonyl (C=O) groups is 1. The molecule has 1 aromatic carbocycles. The molecule has 5 heteroatoms. The summed E-state index contributed by atoms with van der Waals surface area (Å²) in [6.07, 6.45) is 0.949. The number of thiophene rings is 1. The summed E-state index contributed by atoms with van der Waals surface area (Å²) >= 11 is 1.61. The molecule has 24 heavy (non-hydrogen) atoms. The van der Waals surface area contributed by atoms with Crippen molar-refractivity contribution in [3.05, 3.63) is 53.4 Å². The number of para-hydroxylation sites is 1. The Bertz CT molecular complexity index is 854. The van der Waals surface area contributed by atoms with E-state index in [1.807, 2.05) is 47.8 Å². The van der Waals surface area contributed by atoms with Crippen molar-refractivity contribution in [1.82, 2.24) is 4.98 Å². The first kappa shape index (κ1) is 15.3. The lowest BCUT2D eigenvalue weighted by atomic mass is 10.1. The van der Waals surface area contributed by atoms with Crippen LogP contribution in [0.1, 0.15) is 16.8 Å². The Morgan fingerprint density at radius 2 is 2.21 bits per heavy atom. The van der Waals surface area contributed by atoms with E-state index in [1.54, 1.807) is 11.3 Å². The van der Waals surface area contributed by atoms with E-state index >= 15 is 0 Å². The molecular weight excluding hydrogens is 322 g/mol. The summed E-state index contributed by atoms with van der Waals surface area (Å²) in [5.74, 6) is 0.0112. The second kappa shape index (κ2) is 6.71. The number of hydrogen-bond donors (Lipinski definition) is 0. The molecule has 2 aromatic heterocycles. The minimum Gasteiger partial charge on any atom is -0.462 e. The van der Waals surface area contributed by atoms with E-state index in [0.717, 1.165) is 34.5 Å². The number of fused-ring (bicyclic) bond motifs is 1. The lowest BCUT2D eigenvalue weighted by Crippen LogP contribution is -2.15. The van der Waals surface area contributed by atoms with Gasteiger partial charge in [-0.2, -0.15) is 0 Å². The predicted octanol–water partition coefficient (Wildman–Crippen LogP) is 4.16. The number of hydrogen-bond acceptors (Lipinski definition) is 5. The Balaban J connectivity index is 1.68. The van der Waals surface area contributed by atoms with E-state index in [1.165, 1.54) is 0 Å². The standard InChI is InChI=1S/C19H17NO3S/c21-19(23-12-13-7-8-22-11-13)15-10-17(18-6-3-9-24-18)20-16-5-2-1-4-14(15)16/h1-6,9-10,13H,7-8,11-12H2/t13-/m0/s1. The number of nitrogens with zero attached hydrogens (tertiary/aromatic N) is 1. The summed E-state index contributed by atoms with van der Waals surface area (Å²) in [6, 6.07) is 13.5. The molecule has 0 radical (unpaired) electrons. The lowest BCUT2D eigenvalue weighted by Gasteiger charge is -2.11. The molecule has 1 aliphatic rings. The Morgan fingerprint density at radius 1 is 1.29 bits per heavy atom. The first-order valence-electron chi connectivity index (χ1n) is 8.00. The maximum Gasteiger partial charge on any atom is 0.338 e. The Labute approximate surface area is 144 Å². The first-order chi connectivity index (χ1) is 11.8. The van der Waals surface area contributed by atoms with Gasteiger partial charge in [0.15, 0.2) is 0 Å². The third-order valence-electron chi connectivity index (χ3n) is 4.18. The summed E-state index contributed by atoms with van der Waals surface area (Å²) in [5, 5.41) is 2.83. The van der Waals surface area contributed by atoms with Gasteiger partial charge in [-0.15, -0.1) is 11.3 Å². The van der Waals surface area contributed by atoms with Gasteiger partial charge in [0.25, 0.3) is 0 Å². The summed E-state index contributed by atoms with van der Waals surface area (Å²) in [5.41, 5.74) is 2.18. The highest BCUT2D eigenvalue weighted by Gasteiger charge is 2.20. The molecule has 4 rings (SSSR count). The van der Waals surface area contributed by atoms with Crippen LogP contribution in [0.5, 0.6) is 0 Å². The van der Waals surface area contributed by atoms with Gasteiger partial charge in [0.05, 0.1) is 34.9 Å². The third-order valence-corrected chi connectivity index (χ3v) is 5.08. The van der Waals surface area contributed by atoms with E-state index in [9.17, 15) is 4.79 Å². The molecule has 0 bridgehead atoms. The van der Waals surface area contributed by atoms with Crippen molar-refractivity contribution < 1.29 is 14.3 Å². The van der Waals surface area contributed by atoms with Crippen LogP contribution in [0, 0.1) is 5.92 Å². The highest BCUT2D eigenvalue weighted by Crippen LogP contribution is 2.28. The highest BCUT2D eigenvalue weighted by molar-refractivity contribution is 7.13. The van der Waals surface area contributed by atoms with Gasteiger partial charge in [0.2, 0.25) is 0 Å². The molecular formula is C19H17NO3S. The fourth-order valence-corrected chi connectivity index (χ4v) is 3.57. The molecule has 0 saturated carbocycles. The predicted molar refractivity (Wildman–Crippen MR) is 94.3 cm³/mol. The van der Waals surface area contributed by atoms with Gasteiger partial charge in [0, 0.05) is 17.9 Å². The van der Waals surface area contributed by atoms with Crippen molar-refractivity contribution in [3.63, 3.8) is 0 Å². The summed E-state index contributed by atoms with van der Waals surface area (Å²) in [6.45, 7) is 1.83. The molecule has 1 saturated heterocycles. The van der Waals surface area contributed by atoms with Gasteiger partial charge in [-0.1, -0.05) is 24.3 Å². The number of esters is 1. The van der Waals surface area contributed by atoms with E-state index < -0.39 is 0 Å². The minimum absolute atomic E-state index is 0.293. The van der Waals surface area contributed by atoms with Gasteiger partial charge < -0.3 is 9.47 Å². The zero-order valence-corrected chi connectivity index (χ0v) is 13.9. The maximum atomic E-state index is 12.6. The Kier molecular flexibility index (Phi) is 4.28. The first-order valence-corrected chi connectivity index (χ1v) is 8.88. The molecule has 1 atom stereocenters. The fourth-order valence-electron chi connectivity index (χ4n) is 2.88. The van der Waals surface area contributed by atoms with Crippen LogP contribution in [-0.2, 0) is 9.47 Å². The van der Waals surface area contributed by atoms with Crippen molar-refractivity contribution in [1.29, 1.82) is 0 Å². The van der Waals surface area contributed by atoms with Crippen molar-refractivity contribution in [3.8, 4) is 10.6 Å². The van der Waals surface area contributed by atoms with Crippen LogP contribution >= 0.6 is 11.3 Å². The second-order valence-electron chi connectivity index (χ2n) is 5.88. The summed E-state index contributed by atoms with van der Waals surface area (Å²) in [4.78, 5) is 18.4. The van der Waals surface area contributed by atoms with Gasteiger partial charge in [-0.25, -0.2) is 9.78 Å². The molecule has 122 valence electrons. The average Bonchev–Trinajstić information content (AvgIpc) is 3.32. The van der Waals surface area contributed by atoms with Crippen molar-refractivity contribution >= 4 is 28.2 Å². The van der Waals surface area contributed by atoms with Crippen LogP contribution in [0.3, 0.4) is 0 Å². The number of rotatable bonds is 4. The quantitative estimate of drug-likeness (QED) is 0.670. The molecule has 0 spiro atoms. The van der Waals surface area contributed by atoms with Gasteiger partial charge >= 0.3 is 5.97 Å². The normalized spacial score (nSPS) is 17.2. The Hall–Kier alpha value is -2.24. The number of benzene rings is 1.